The third-order valence-electron chi connectivity index (χ3n) is 4.55. The minimum absolute atomic E-state index is 0.0390. The number of hydrogen-bond donors (Lipinski definition) is 3. The molecule has 1 aromatic carbocycles. The number of hydrogen-bond acceptors (Lipinski definition) is 6. The van der Waals surface area contributed by atoms with Crippen molar-refractivity contribution in [3.8, 4) is 5.75 Å². The van der Waals surface area contributed by atoms with Gasteiger partial charge in [-0.05, 0) is 18.1 Å². The number of nitrogens with zero attached hydrogens (tertiary/aromatic N) is 1. The molecule has 24 heavy (non-hydrogen) atoms. The number of carboxylic acids is 1. The third kappa shape index (κ3) is 3.77. The molecule has 128 valence electrons. The topological polar surface area (TPSA) is 99.1 Å². The molecule has 1 fully saturated rings. The smallest absolute Gasteiger partial charge is 0.526 e. The van der Waals surface area contributed by atoms with Gasteiger partial charge < -0.3 is 20.1 Å². The molecule has 2 aliphatic heterocycles. The number of piperazine rings is 1. The average Bonchev–Trinajstić information content (AvgIpc) is 2.55. The number of ketones is 1. The molecular weight excluding hydrogens is 311 g/mol. The summed E-state index contributed by atoms with van der Waals surface area (Å²) in [5, 5.41) is 22.6. The number of carboxylic acid groups (broad SMARTS) is 1. The Morgan fingerprint density at radius 1 is 1.33 bits per heavy atom. The number of carbonyl (C=O) groups is 2. The molecule has 8 heteroatoms. The van der Waals surface area contributed by atoms with E-state index in [0.717, 1.165) is 31.7 Å². The van der Waals surface area contributed by atoms with Gasteiger partial charge in [0.15, 0.2) is 0 Å². The van der Waals surface area contributed by atoms with Crippen LogP contribution < -0.4 is 9.97 Å². The van der Waals surface area contributed by atoms with Crippen molar-refractivity contribution in [2.45, 2.75) is 18.7 Å². The van der Waals surface area contributed by atoms with E-state index in [4.69, 9.17) is 4.65 Å². The monoisotopic (exact) mass is 332 g/mol. The van der Waals surface area contributed by atoms with Crippen LogP contribution in [-0.2, 0) is 11.2 Å². The van der Waals surface area contributed by atoms with Crippen molar-refractivity contribution in [1.82, 2.24) is 10.2 Å². The number of para-hydroxylation sites is 1. The molecule has 0 bridgehead atoms. The maximum atomic E-state index is 12.3. The number of nitrogens with one attached hydrogen (secondary N) is 1. The number of aromatic carboxylic acids is 1. The van der Waals surface area contributed by atoms with Crippen LogP contribution in [0.2, 0.25) is 5.82 Å². The standard InChI is InChI=1S/C16H21BN2O5/c20-13(10-19-6-4-18-5-7-19)9-12-8-11-2-1-3-14(16(21)22)15(11)24-17(12)23/h1-3,12,18,23H,4-10H2,(H,21,22)/t12-/m1/s1. The van der Waals surface area contributed by atoms with Gasteiger partial charge in [-0.1, -0.05) is 12.1 Å². The lowest BCUT2D eigenvalue weighted by atomic mass is 9.64. The summed E-state index contributed by atoms with van der Waals surface area (Å²) >= 11 is 0. The third-order valence-corrected chi connectivity index (χ3v) is 4.55. The van der Waals surface area contributed by atoms with E-state index >= 15 is 0 Å². The van der Waals surface area contributed by atoms with E-state index in [1.54, 1.807) is 12.1 Å². The Labute approximate surface area is 140 Å². The van der Waals surface area contributed by atoms with Gasteiger partial charge in [0, 0.05) is 38.4 Å². The summed E-state index contributed by atoms with van der Waals surface area (Å²) < 4.78 is 5.43. The molecule has 0 aliphatic carbocycles. The first-order chi connectivity index (χ1) is 11.5. The number of rotatable bonds is 5. The molecule has 0 unspecified atom stereocenters. The minimum atomic E-state index is -1.16. The molecule has 0 saturated carbocycles. The lowest BCUT2D eigenvalue weighted by Crippen LogP contribution is -2.46. The summed E-state index contributed by atoms with van der Waals surface area (Å²) in [6.45, 7) is 3.84. The molecular formula is C16H21BN2O5. The number of carbonyl (C=O) groups excluding carboxylic acids is 1. The molecule has 1 atom stereocenters. The van der Waals surface area contributed by atoms with Crippen LogP contribution in [0, 0.1) is 0 Å². The molecule has 1 aromatic rings. The van der Waals surface area contributed by atoms with E-state index in [-0.39, 0.29) is 29.3 Å². The van der Waals surface area contributed by atoms with E-state index < -0.39 is 13.1 Å². The van der Waals surface area contributed by atoms with E-state index in [2.05, 4.69) is 10.2 Å². The fraction of sp³-hybridized carbons (Fsp3) is 0.500. The van der Waals surface area contributed by atoms with Gasteiger partial charge in [-0.25, -0.2) is 4.79 Å². The summed E-state index contributed by atoms with van der Waals surface area (Å²) in [6.07, 6.45) is 0.659. The summed E-state index contributed by atoms with van der Waals surface area (Å²) in [5.74, 6) is -1.16. The lowest BCUT2D eigenvalue weighted by Gasteiger charge is -2.29. The number of fused-ring (bicyclic) bond motifs is 1. The zero-order valence-electron chi connectivity index (χ0n) is 13.4. The normalized spacial score (nSPS) is 21.0. The zero-order valence-corrected chi connectivity index (χ0v) is 13.4. The van der Waals surface area contributed by atoms with Gasteiger partial charge in [0.25, 0.3) is 0 Å². The molecule has 1 saturated heterocycles. The van der Waals surface area contributed by atoms with Gasteiger partial charge in [-0.2, -0.15) is 0 Å². The molecule has 0 amide bonds. The largest absolute Gasteiger partial charge is 0.535 e. The Morgan fingerprint density at radius 3 is 2.79 bits per heavy atom. The summed E-state index contributed by atoms with van der Waals surface area (Å²) in [5.41, 5.74) is 0.761. The second-order valence-electron chi connectivity index (χ2n) is 6.34. The second kappa shape index (κ2) is 7.33. The highest BCUT2D eigenvalue weighted by molar-refractivity contribution is 6.47. The molecule has 0 aromatic heterocycles. The van der Waals surface area contributed by atoms with Crippen LogP contribution in [-0.4, -0.2) is 66.6 Å². The van der Waals surface area contributed by atoms with Gasteiger partial charge in [0.05, 0.1) is 12.1 Å². The first-order valence-electron chi connectivity index (χ1n) is 8.19. The molecule has 2 heterocycles. The molecule has 3 N–H and O–H groups in total. The predicted octanol–water partition coefficient (Wildman–Crippen LogP) is 0.0348. The molecule has 0 spiro atoms. The van der Waals surface area contributed by atoms with Crippen LogP contribution in [0.15, 0.2) is 18.2 Å². The quantitative estimate of drug-likeness (QED) is 0.655. The van der Waals surface area contributed by atoms with Crippen LogP contribution in [0.25, 0.3) is 0 Å². The maximum absolute atomic E-state index is 12.3. The van der Waals surface area contributed by atoms with Crippen LogP contribution in [0.3, 0.4) is 0 Å². The minimum Gasteiger partial charge on any atom is -0.535 e. The highest BCUT2D eigenvalue weighted by atomic mass is 16.5. The first kappa shape index (κ1) is 16.9. The van der Waals surface area contributed by atoms with Gasteiger partial charge in [-0.15, -0.1) is 0 Å². The van der Waals surface area contributed by atoms with Gasteiger partial charge in [0.1, 0.15) is 11.5 Å². The van der Waals surface area contributed by atoms with Gasteiger partial charge in [-0.3, -0.25) is 9.69 Å². The van der Waals surface area contributed by atoms with E-state index in [0.29, 0.717) is 13.0 Å². The molecule has 0 radical (unpaired) electrons. The Balaban J connectivity index is 1.64. The van der Waals surface area contributed by atoms with Crippen molar-refractivity contribution in [3.05, 3.63) is 29.3 Å². The van der Waals surface area contributed by atoms with Gasteiger partial charge >= 0.3 is 13.1 Å². The van der Waals surface area contributed by atoms with Gasteiger partial charge in [0.2, 0.25) is 0 Å². The van der Waals surface area contributed by atoms with E-state index in [9.17, 15) is 19.7 Å². The first-order valence-corrected chi connectivity index (χ1v) is 8.19. The zero-order chi connectivity index (χ0) is 17.1. The van der Waals surface area contributed by atoms with E-state index in [1.807, 2.05) is 0 Å². The van der Waals surface area contributed by atoms with Crippen LogP contribution in [0.4, 0.5) is 0 Å². The van der Waals surface area contributed by atoms with Crippen LogP contribution in [0.1, 0.15) is 22.3 Å². The molecule has 2 aliphatic rings. The van der Waals surface area contributed by atoms with Crippen molar-refractivity contribution in [2.24, 2.45) is 0 Å². The summed E-state index contributed by atoms with van der Waals surface area (Å²) in [4.78, 5) is 25.6. The Hall–Kier alpha value is -1.90. The summed E-state index contributed by atoms with van der Waals surface area (Å²) in [6, 6.07) is 4.88. The van der Waals surface area contributed by atoms with Crippen molar-refractivity contribution in [1.29, 1.82) is 0 Å². The van der Waals surface area contributed by atoms with E-state index in [1.165, 1.54) is 6.07 Å². The number of benzene rings is 1. The number of Topliss-reactive ketones (excluding diaryl/α,β-unsaturated/α-hetero) is 1. The van der Waals surface area contributed by atoms with Crippen molar-refractivity contribution in [3.63, 3.8) is 0 Å². The Morgan fingerprint density at radius 2 is 2.08 bits per heavy atom. The lowest BCUT2D eigenvalue weighted by molar-refractivity contribution is -0.120. The fourth-order valence-corrected chi connectivity index (χ4v) is 3.30. The Kier molecular flexibility index (Phi) is 5.18. The van der Waals surface area contributed by atoms with Crippen LogP contribution in [0.5, 0.6) is 5.75 Å². The van der Waals surface area contributed by atoms with Crippen molar-refractivity contribution >= 4 is 18.9 Å². The Bertz CT molecular complexity index is 633. The average molecular weight is 332 g/mol. The predicted molar refractivity (Wildman–Crippen MR) is 88.4 cm³/mol. The highest BCUT2D eigenvalue weighted by Crippen LogP contribution is 2.36. The maximum Gasteiger partial charge on any atom is 0.526 e. The van der Waals surface area contributed by atoms with Crippen molar-refractivity contribution < 1.29 is 24.4 Å². The molecule has 7 nitrogen and oxygen atoms in total. The summed E-state index contributed by atoms with van der Waals surface area (Å²) in [7, 11) is -1.16. The van der Waals surface area contributed by atoms with Crippen molar-refractivity contribution in [2.75, 3.05) is 32.7 Å². The van der Waals surface area contributed by atoms with Crippen LogP contribution >= 0.6 is 0 Å². The second-order valence-corrected chi connectivity index (χ2v) is 6.34. The fourth-order valence-electron chi connectivity index (χ4n) is 3.30. The SMILES string of the molecule is O=C(C[C@H]1Cc2cccc(C(=O)O)c2OB1O)CN1CCNCC1. The highest BCUT2D eigenvalue weighted by Gasteiger charge is 2.37. The molecule has 3 rings (SSSR count).